The highest BCUT2D eigenvalue weighted by Gasteiger charge is 2.17. The third kappa shape index (κ3) is 4.71. The zero-order valence-electron chi connectivity index (χ0n) is 10.8. The molecule has 1 aliphatic rings. The van der Waals surface area contributed by atoms with E-state index in [1.165, 1.54) is 0 Å². The van der Waals surface area contributed by atoms with Crippen LogP contribution in [0.15, 0.2) is 30.3 Å². The first-order chi connectivity index (χ1) is 9.24. The van der Waals surface area contributed by atoms with Crippen molar-refractivity contribution in [3.63, 3.8) is 0 Å². The molecular formula is C14H19N3O2. The molecule has 0 spiro atoms. The molecule has 1 aromatic rings. The minimum absolute atomic E-state index is 0.0474. The van der Waals surface area contributed by atoms with E-state index in [0.29, 0.717) is 18.9 Å². The summed E-state index contributed by atoms with van der Waals surface area (Å²) in [6, 6.07) is 9.47. The second-order valence-electron chi connectivity index (χ2n) is 4.77. The van der Waals surface area contributed by atoms with Gasteiger partial charge in [-0.25, -0.2) is 0 Å². The summed E-state index contributed by atoms with van der Waals surface area (Å²) in [5, 5.41) is 8.58. The maximum absolute atomic E-state index is 11.6. The Bertz CT molecular complexity index is 430. The highest BCUT2D eigenvalue weighted by atomic mass is 16.2. The molecule has 3 N–H and O–H groups in total. The summed E-state index contributed by atoms with van der Waals surface area (Å²) in [6.07, 6.45) is 0.306. The van der Waals surface area contributed by atoms with Gasteiger partial charge < -0.3 is 16.0 Å². The number of benzene rings is 1. The quantitative estimate of drug-likeness (QED) is 0.657. The molecule has 2 amide bonds. The van der Waals surface area contributed by atoms with Crippen molar-refractivity contribution in [1.29, 1.82) is 0 Å². The van der Waals surface area contributed by atoms with Crippen molar-refractivity contribution < 1.29 is 9.59 Å². The lowest BCUT2D eigenvalue weighted by atomic mass is 10.0. The van der Waals surface area contributed by atoms with Gasteiger partial charge in [-0.05, 0) is 5.56 Å². The van der Waals surface area contributed by atoms with Crippen molar-refractivity contribution in [2.45, 2.75) is 6.42 Å². The van der Waals surface area contributed by atoms with Gasteiger partial charge in [0.2, 0.25) is 11.8 Å². The average molecular weight is 261 g/mol. The van der Waals surface area contributed by atoms with E-state index in [0.717, 1.165) is 18.7 Å². The molecule has 0 aliphatic carbocycles. The second kappa shape index (κ2) is 6.89. The van der Waals surface area contributed by atoms with Crippen LogP contribution in [0.25, 0.3) is 0 Å². The predicted octanol–water partition coefficient (Wildman–Crippen LogP) is -0.319. The standard InChI is InChI=1S/C14H19N3O2/c18-13(6-11-4-2-1-3-5-11)17-10-14(19)16-9-12-7-15-8-12/h1-5,12,15H,6-10H2,(H,16,19)(H,17,18). The molecule has 0 bridgehead atoms. The van der Waals surface area contributed by atoms with Crippen LogP contribution < -0.4 is 16.0 Å². The van der Waals surface area contributed by atoms with Gasteiger partial charge in [-0.3, -0.25) is 9.59 Å². The maximum Gasteiger partial charge on any atom is 0.239 e. The summed E-state index contributed by atoms with van der Waals surface area (Å²) in [7, 11) is 0. The topological polar surface area (TPSA) is 70.2 Å². The molecule has 0 aromatic heterocycles. The number of amides is 2. The molecule has 5 nitrogen and oxygen atoms in total. The zero-order valence-corrected chi connectivity index (χ0v) is 10.8. The van der Waals surface area contributed by atoms with Crippen molar-refractivity contribution >= 4 is 11.8 Å². The Labute approximate surface area is 112 Å². The van der Waals surface area contributed by atoms with Gasteiger partial charge in [0.1, 0.15) is 0 Å². The SMILES string of the molecule is O=C(CNC(=O)Cc1ccccc1)NCC1CNC1. The summed E-state index contributed by atoms with van der Waals surface area (Å²) in [4.78, 5) is 23.1. The molecular weight excluding hydrogens is 242 g/mol. The summed E-state index contributed by atoms with van der Waals surface area (Å²) in [6.45, 7) is 2.65. The Morgan fingerprint density at radius 2 is 1.84 bits per heavy atom. The van der Waals surface area contributed by atoms with Crippen molar-refractivity contribution in [2.24, 2.45) is 5.92 Å². The molecule has 5 heteroatoms. The third-order valence-electron chi connectivity index (χ3n) is 3.11. The molecule has 0 radical (unpaired) electrons. The maximum atomic E-state index is 11.6. The van der Waals surface area contributed by atoms with Gasteiger partial charge in [-0.15, -0.1) is 0 Å². The lowest BCUT2D eigenvalue weighted by molar-refractivity contribution is -0.125. The van der Waals surface area contributed by atoms with Gasteiger partial charge in [0.25, 0.3) is 0 Å². The number of carbonyl (C=O) groups is 2. The van der Waals surface area contributed by atoms with Crippen LogP contribution in [0.1, 0.15) is 5.56 Å². The highest BCUT2D eigenvalue weighted by Crippen LogP contribution is 2.00. The fourth-order valence-corrected chi connectivity index (χ4v) is 1.84. The fraction of sp³-hybridized carbons (Fsp3) is 0.429. The van der Waals surface area contributed by atoms with E-state index in [1.54, 1.807) is 0 Å². The molecule has 1 saturated heterocycles. The molecule has 1 aliphatic heterocycles. The van der Waals surface area contributed by atoms with Crippen molar-refractivity contribution in [3.8, 4) is 0 Å². The molecule has 102 valence electrons. The fourth-order valence-electron chi connectivity index (χ4n) is 1.84. The molecule has 1 aromatic carbocycles. The van der Waals surface area contributed by atoms with Crippen LogP contribution in [0, 0.1) is 5.92 Å². The molecule has 0 unspecified atom stereocenters. The zero-order chi connectivity index (χ0) is 13.5. The molecule has 0 atom stereocenters. The first kappa shape index (κ1) is 13.5. The van der Waals surface area contributed by atoms with Crippen LogP contribution in [0.5, 0.6) is 0 Å². The van der Waals surface area contributed by atoms with E-state index in [1.807, 2.05) is 30.3 Å². The van der Waals surface area contributed by atoms with Gasteiger partial charge in [0.15, 0.2) is 0 Å². The molecule has 1 heterocycles. The van der Waals surface area contributed by atoms with E-state index in [4.69, 9.17) is 0 Å². The van der Waals surface area contributed by atoms with Crippen LogP contribution in [0.3, 0.4) is 0 Å². The van der Waals surface area contributed by atoms with Crippen LogP contribution in [0.4, 0.5) is 0 Å². The van der Waals surface area contributed by atoms with Crippen molar-refractivity contribution in [3.05, 3.63) is 35.9 Å². The number of rotatable bonds is 6. The molecule has 19 heavy (non-hydrogen) atoms. The second-order valence-corrected chi connectivity index (χ2v) is 4.77. The molecule has 0 saturated carbocycles. The van der Waals surface area contributed by atoms with Gasteiger partial charge in [-0.1, -0.05) is 30.3 Å². The summed E-state index contributed by atoms with van der Waals surface area (Å²) in [5.74, 6) is 0.268. The predicted molar refractivity (Wildman–Crippen MR) is 72.5 cm³/mol. The average Bonchev–Trinajstić information content (AvgIpc) is 2.36. The van der Waals surface area contributed by atoms with E-state index in [2.05, 4.69) is 16.0 Å². The van der Waals surface area contributed by atoms with E-state index in [9.17, 15) is 9.59 Å². The normalized spacial score (nSPS) is 14.5. The summed E-state index contributed by atoms with van der Waals surface area (Å²) < 4.78 is 0. The minimum atomic E-state index is -0.133. The van der Waals surface area contributed by atoms with E-state index >= 15 is 0 Å². The first-order valence-electron chi connectivity index (χ1n) is 6.52. The first-order valence-corrected chi connectivity index (χ1v) is 6.52. The number of hydrogen-bond acceptors (Lipinski definition) is 3. The third-order valence-corrected chi connectivity index (χ3v) is 3.11. The van der Waals surface area contributed by atoms with Gasteiger partial charge in [0, 0.05) is 25.6 Å². The molecule has 1 fully saturated rings. The number of nitrogens with one attached hydrogen (secondary N) is 3. The van der Waals surface area contributed by atoms with Gasteiger partial charge in [0.05, 0.1) is 13.0 Å². The van der Waals surface area contributed by atoms with Gasteiger partial charge >= 0.3 is 0 Å². The summed E-state index contributed by atoms with van der Waals surface area (Å²) in [5.41, 5.74) is 0.945. The Kier molecular flexibility index (Phi) is 4.92. The summed E-state index contributed by atoms with van der Waals surface area (Å²) >= 11 is 0. The number of carbonyl (C=O) groups excluding carboxylic acids is 2. The monoisotopic (exact) mass is 261 g/mol. The Hall–Kier alpha value is -1.88. The van der Waals surface area contributed by atoms with Crippen LogP contribution in [-0.2, 0) is 16.0 Å². The largest absolute Gasteiger partial charge is 0.354 e. The minimum Gasteiger partial charge on any atom is -0.354 e. The van der Waals surface area contributed by atoms with Crippen LogP contribution in [-0.4, -0.2) is 38.0 Å². The van der Waals surface area contributed by atoms with Gasteiger partial charge in [-0.2, -0.15) is 0 Å². The number of hydrogen-bond donors (Lipinski definition) is 3. The Morgan fingerprint density at radius 3 is 2.47 bits per heavy atom. The van der Waals surface area contributed by atoms with Crippen LogP contribution in [0.2, 0.25) is 0 Å². The highest BCUT2D eigenvalue weighted by molar-refractivity contribution is 5.85. The smallest absolute Gasteiger partial charge is 0.239 e. The van der Waals surface area contributed by atoms with Crippen molar-refractivity contribution in [2.75, 3.05) is 26.2 Å². The Morgan fingerprint density at radius 1 is 1.11 bits per heavy atom. The Balaban J connectivity index is 1.61. The van der Waals surface area contributed by atoms with E-state index < -0.39 is 0 Å². The molecule has 2 rings (SSSR count). The lowest BCUT2D eigenvalue weighted by Gasteiger charge is -2.27. The van der Waals surface area contributed by atoms with Crippen LogP contribution >= 0.6 is 0 Å². The van der Waals surface area contributed by atoms with E-state index in [-0.39, 0.29) is 18.4 Å². The lowest BCUT2D eigenvalue weighted by Crippen LogP contribution is -2.49. The van der Waals surface area contributed by atoms with Crippen molar-refractivity contribution in [1.82, 2.24) is 16.0 Å².